The molecule has 0 spiro atoms. The van der Waals surface area contributed by atoms with E-state index in [4.69, 9.17) is 21.1 Å². The third kappa shape index (κ3) is 3.52. The Morgan fingerprint density at radius 2 is 2.08 bits per heavy atom. The van der Waals surface area contributed by atoms with Gasteiger partial charge in [0.15, 0.2) is 6.29 Å². The zero-order chi connectivity index (χ0) is 17.1. The molecule has 2 N–H and O–H groups in total. The number of hydrogen-bond donors (Lipinski definition) is 2. The average molecular weight is 356 g/mol. The molecule has 24 heavy (non-hydrogen) atoms. The number of rotatable bonds is 6. The van der Waals surface area contributed by atoms with Crippen LogP contribution in [0.15, 0.2) is 30.3 Å². The zero-order valence-corrected chi connectivity index (χ0v) is 14.0. The molecular formula is C17H22ClNO5. The molecule has 3 unspecified atom stereocenters. The van der Waals surface area contributed by atoms with Crippen LogP contribution < -0.4 is 0 Å². The van der Waals surface area contributed by atoms with Gasteiger partial charge in [0.25, 0.3) is 0 Å². The van der Waals surface area contributed by atoms with Crippen molar-refractivity contribution in [1.82, 2.24) is 4.90 Å². The predicted octanol–water partition coefficient (Wildman–Crippen LogP) is 1.94. The minimum Gasteiger partial charge on any atom is -0.465 e. The molecule has 132 valence electrons. The molecule has 2 heterocycles. The van der Waals surface area contributed by atoms with Gasteiger partial charge >= 0.3 is 6.09 Å². The van der Waals surface area contributed by atoms with Gasteiger partial charge in [-0.3, -0.25) is 4.90 Å². The number of ether oxygens (including phenoxy) is 2. The van der Waals surface area contributed by atoms with Crippen LogP contribution in [0.1, 0.15) is 12.0 Å². The van der Waals surface area contributed by atoms with E-state index in [9.17, 15) is 15.0 Å². The Hall–Kier alpha value is -1.34. The first kappa shape index (κ1) is 17.5. The number of halogens is 1. The van der Waals surface area contributed by atoms with Crippen molar-refractivity contribution in [3.8, 4) is 0 Å². The molecule has 6 nitrogen and oxygen atoms in total. The van der Waals surface area contributed by atoms with Crippen LogP contribution in [0.2, 0.25) is 0 Å². The lowest BCUT2D eigenvalue weighted by Gasteiger charge is -2.37. The minimum atomic E-state index is -1.07. The highest BCUT2D eigenvalue weighted by Crippen LogP contribution is 2.36. The molecular weight excluding hydrogens is 334 g/mol. The number of carbonyl (C=O) groups is 1. The topological polar surface area (TPSA) is 79.2 Å². The van der Waals surface area contributed by atoms with Crippen molar-refractivity contribution >= 4 is 17.7 Å². The summed E-state index contributed by atoms with van der Waals surface area (Å²) in [5.74, 6) is -0.0266. The maximum Gasteiger partial charge on any atom is 0.407 e. The van der Waals surface area contributed by atoms with Crippen molar-refractivity contribution in [1.29, 1.82) is 0 Å². The molecule has 0 aliphatic carbocycles. The number of carboxylic acid groups (broad SMARTS) is 1. The van der Waals surface area contributed by atoms with E-state index in [2.05, 4.69) is 0 Å². The lowest BCUT2D eigenvalue weighted by atomic mass is 9.94. The smallest absolute Gasteiger partial charge is 0.407 e. The maximum atomic E-state index is 12.0. The number of amides is 1. The fourth-order valence-corrected chi connectivity index (χ4v) is 3.84. The summed E-state index contributed by atoms with van der Waals surface area (Å²) < 4.78 is 11.1. The molecule has 3 rings (SSSR count). The number of benzene rings is 1. The van der Waals surface area contributed by atoms with E-state index in [1.165, 1.54) is 4.90 Å². The number of aliphatic hydroxyl groups excluding tert-OH is 1. The Balaban J connectivity index is 1.85. The summed E-state index contributed by atoms with van der Waals surface area (Å²) in [6.07, 6.45) is -1.21. The Morgan fingerprint density at radius 1 is 1.33 bits per heavy atom. The summed E-state index contributed by atoms with van der Waals surface area (Å²) in [5.41, 5.74) is 0.955. The molecule has 2 saturated heterocycles. The third-order valence-electron chi connectivity index (χ3n) is 4.83. The fourth-order valence-electron chi connectivity index (χ4n) is 3.64. The van der Waals surface area contributed by atoms with Gasteiger partial charge in [-0.15, -0.1) is 11.6 Å². The molecule has 1 amide bonds. The SMILES string of the molecule is O=C(O)N(C1COC2OCCC21)[C@@H](Cc1ccccc1)[C@@H](O)CCl. The normalized spacial score (nSPS) is 28.3. The van der Waals surface area contributed by atoms with Gasteiger partial charge in [0.1, 0.15) is 0 Å². The summed E-state index contributed by atoms with van der Waals surface area (Å²) in [4.78, 5) is 13.3. The van der Waals surface area contributed by atoms with Gasteiger partial charge in [-0.2, -0.15) is 0 Å². The molecule has 5 atom stereocenters. The van der Waals surface area contributed by atoms with E-state index in [1.807, 2.05) is 30.3 Å². The van der Waals surface area contributed by atoms with Crippen molar-refractivity contribution in [3.63, 3.8) is 0 Å². The van der Waals surface area contributed by atoms with Gasteiger partial charge in [0.2, 0.25) is 0 Å². The van der Waals surface area contributed by atoms with Gasteiger partial charge in [0, 0.05) is 5.92 Å². The second kappa shape index (κ2) is 7.70. The highest BCUT2D eigenvalue weighted by atomic mass is 35.5. The lowest BCUT2D eigenvalue weighted by molar-refractivity contribution is -0.0906. The second-order valence-electron chi connectivity index (χ2n) is 6.26. The van der Waals surface area contributed by atoms with Crippen molar-refractivity contribution in [2.75, 3.05) is 19.1 Å². The highest BCUT2D eigenvalue weighted by Gasteiger charge is 2.48. The van der Waals surface area contributed by atoms with E-state index in [-0.39, 0.29) is 30.7 Å². The molecule has 1 aromatic rings. The molecule has 2 aliphatic rings. The van der Waals surface area contributed by atoms with Gasteiger partial charge in [-0.25, -0.2) is 4.79 Å². The monoisotopic (exact) mass is 355 g/mol. The Labute approximate surface area is 145 Å². The standard InChI is InChI=1S/C17H22ClNO5/c18-9-15(20)13(8-11-4-2-1-3-5-11)19(17(21)22)14-10-24-16-12(14)6-7-23-16/h1-5,12-16,20H,6-10H2,(H,21,22)/t12?,13-,14?,15-,16?/m0/s1. The van der Waals surface area contributed by atoms with E-state index >= 15 is 0 Å². The van der Waals surface area contributed by atoms with Crippen LogP contribution in [0.3, 0.4) is 0 Å². The molecule has 7 heteroatoms. The summed E-state index contributed by atoms with van der Waals surface area (Å²) >= 11 is 5.85. The Bertz CT molecular complexity index is 557. The van der Waals surface area contributed by atoms with Crippen LogP contribution in [-0.4, -0.2) is 64.8 Å². The van der Waals surface area contributed by atoms with E-state index < -0.39 is 18.2 Å². The summed E-state index contributed by atoms with van der Waals surface area (Å²) in [5, 5.41) is 20.2. The first-order valence-corrected chi connectivity index (χ1v) is 8.67. The second-order valence-corrected chi connectivity index (χ2v) is 6.57. The van der Waals surface area contributed by atoms with E-state index in [1.54, 1.807) is 0 Å². The lowest BCUT2D eigenvalue weighted by Crippen LogP contribution is -2.55. The number of alkyl halides is 1. The number of aliphatic hydroxyl groups is 1. The number of hydrogen-bond acceptors (Lipinski definition) is 4. The van der Waals surface area contributed by atoms with Gasteiger partial charge in [0.05, 0.1) is 37.3 Å². The molecule has 2 aliphatic heterocycles. The molecule has 2 fully saturated rings. The average Bonchev–Trinajstić information content (AvgIpc) is 3.19. The van der Waals surface area contributed by atoms with Crippen LogP contribution in [0.25, 0.3) is 0 Å². The molecule has 0 radical (unpaired) electrons. The molecule has 1 aromatic carbocycles. The third-order valence-corrected chi connectivity index (χ3v) is 5.15. The van der Waals surface area contributed by atoms with Crippen LogP contribution in [0.5, 0.6) is 0 Å². The number of fused-ring (bicyclic) bond motifs is 1. The van der Waals surface area contributed by atoms with Crippen LogP contribution in [-0.2, 0) is 15.9 Å². The molecule has 0 aromatic heterocycles. The van der Waals surface area contributed by atoms with Crippen molar-refractivity contribution in [2.45, 2.75) is 37.3 Å². The summed E-state index contributed by atoms with van der Waals surface area (Å²) in [6, 6.07) is 8.56. The van der Waals surface area contributed by atoms with Crippen LogP contribution >= 0.6 is 11.6 Å². The van der Waals surface area contributed by atoms with Crippen LogP contribution in [0, 0.1) is 5.92 Å². The van der Waals surface area contributed by atoms with Gasteiger partial charge in [-0.1, -0.05) is 30.3 Å². The predicted molar refractivity (Wildman–Crippen MR) is 88.1 cm³/mol. The minimum absolute atomic E-state index is 0.00176. The van der Waals surface area contributed by atoms with Gasteiger partial charge in [-0.05, 0) is 18.4 Å². The van der Waals surface area contributed by atoms with Gasteiger partial charge < -0.3 is 19.7 Å². The first-order chi connectivity index (χ1) is 11.6. The van der Waals surface area contributed by atoms with Crippen LogP contribution in [0.4, 0.5) is 4.79 Å². The number of nitrogens with zero attached hydrogens (tertiary/aromatic N) is 1. The molecule has 0 bridgehead atoms. The van der Waals surface area contributed by atoms with E-state index in [0.717, 1.165) is 12.0 Å². The largest absolute Gasteiger partial charge is 0.465 e. The Morgan fingerprint density at radius 3 is 2.75 bits per heavy atom. The summed E-state index contributed by atoms with van der Waals surface area (Å²) in [6.45, 7) is 0.850. The quantitative estimate of drug-likeness (QED) is 0.762. The summed E-state index contributed by atoms with van der Waals surface area (Å²) in [7, 11) is 0. The zero-order valence-electron chi connectivity index (χ0n) is 13.3. The van der Waals surface area contributed by atoms with Crippen molar-refractivity contribution < 1.29 is 24.5 Å². The van der Waals surface area contributed by atoms with Crippen molar-refractivity contribution in [2.24, 2.45) is 5.92 Å². The maximum absolute atomic E-state index is 12.0. The first-order valence-electron chi connectivity index (χ1n) is 8.14. The Kier molecular flexibility index (Phi) is 5.61. The fraction of sp³-hybridized carbons (Fsp3) is 0.588. The highest BCUT2D eigenvalue weighted by molar-refractivity contribution is 6.18. The molecule has 0 saturated carbocycles. The van der Waals surface area contributed by atoms with E-state index in [0.29, 0.717) is 13.0 Å². The van der Waals surface area contributed by atoms with Crippen molar-refractivity contribution in [3.05, 3.63) is 35.9 Å².